The Balaban J connectivity index is 1.98. The molecule has 0 unspecified atom stereocenters. The molecule has 2 amide bonds. The van der Waals surface area contributed by atoms with Crippen LogP contribution >= 0.6 is 0 Å². The molecule has 0 aliphatic rings. The van der Waals surface area contributed by atoms with Crippen molar-refractivity contribution in [2.75, 3.05) is 7.11 Å². The third-order valence-corrected chi connectivity index (χ3v) is 3.66. The van der Waals surface area contributed by atoms with E-state index in [0.717, 1.165) is 16.9 Å². The molecule has 0 atom stereocenters. The molecule has 0 fully saturated rings. The molecule has 4 heteroatoms. The monoisotopic (exact) mass is 324 g/mol. The third kappa shape index (κ3) is 5.16. The van der Waals surface area contributed by atoms with E-state index in [4.69, 9.17) is 4.74 Å². The summed E-state index contributed by atoms with van der Waals surface area (Å²) in [6.45, 7) is 4.60. The molecule has 0 bridgehead atoms. The lowest BCUT2D eigenvalue weighted by molar-refractivity contribution is 0.183. The van der Waals surface area contributed by atoms with E-state index in [2.05, 4.69) is 5.32 Å². The average molecular weight is 324 g/mol. The van der Waals surface area contributed by atoms with Gasteiger partial charge >= 0.3 is 6.03 Å². The topological polar surface area (TPSA) is 41.6 Å². The molecule has 0 heterocycles. The predicted molar refractivity (Wildman–Crippen MR) is 97.7 cm³/mol. The van der Waals surface area contributed by atoms with Crippen molar-refractivity contribution in [3.05, 3.63) is 71.9 Å². The summed E-state index contributed by atoms with van der Waals surface area (Å²) in [6, 6.07) is 17.6. The Bertz CT molecular complexity index is 681. The van der Waals surface area contributed by atoms with Crippen LogP contribution in [0.1, 0.15) is 25.0 Å². The molecule has 2 aromatic rings. The lowest BCUT2D eigenvalue weighted by Crippen LogP contribution is -2.41. The average Bonchev–Trinajstić information content (AvgIpc) is 2.60. The Kier molecular flexibility index (Phi) is 6.43. The van der Waals surface area contributed by atoms with Crippen LogP contribution in [-0.2, 0) is 6.54 Å². The van der Waals surface area contributed by atoms with Crippen LogP contribution in [0.4, 0.5) is 4.79 Å². The Morgan fingerprint density at radius 3 is 2.58 bits per heavy atom. The number of carbonyl (C=O) groups excluding carboxylic acids is 1. The number of amides is 2. The Morgan fingerprint density at radius 2 is 1.92 bits per heavy atom. The van der Waals surface area contributed by atoms with Crippen LogP contribution in [0, 0.1) is 0 Å². The van der Waals surface area contributed by atoms with Crippen LogP contribution in [0.5, 0.6) is 5.75 Å². The van der Waals surface area contributed by atoms with Gasteiger partial charge in [-0.05, 0) is 43.2 Å². The first-order valence-electron chi connectivity index (χ1n) is 8.02. The van der Waals surface area contributed by atoms with Crippen molar-refractivity contribution in [2.24, 2.45) is 0 Å². The molecule has 1 N–H and O–H groups in total. The molecule has 0 aromatic heterocycles. The van der Waals surface area contributed by atoms with Gasteiger partial charge in [-0.15, -0.1) is 0 Å². The second kappa shape index (κ2) is 8.77. The van der Waals surface area contributed by atoms with Gasteiger partial charge in [-0.1, -0.05) is 42.5 Å². The summed E-state index contributed by atoms with van der Waals surface area (Å²) < 4.78 is 5.19. The first kappa shape index (κ1) is 17.6. The second-order valence-electron chi connectivity index (χ2n) is 5.77. The van der Waals surface area contributed by atoms with Gasteiger partial charge < -0.3 is 15.0 Å². The van der Waals surface area contributed by atoms with Crippen LogP contribution in [0.25, 0.3) is 6.08 Å². The number of rotatable bonds is 6. The van der Waals surface area contributed by atoms with Gasteiger partial charge in [-0.3, -0.25) is 0 Å². The van der Waals surface area contributed by atoms with Gasteiger partial charge in [0.2, 0.25) is 0 Å². The first-order valence-corrected chi connectivity index (χ1v) is 8.02. The van der Waals surface area contributed by atoms with E-state index in [9.17, 15) is 4.79 Å². The molecular formula is C20H24N2O2. The lowest BCUT2D eigenvalue weighted by atomic mass is 10.2. The van der Waals surface area contributed by atoms with Crippen molar-refractivity contribution in [3.63, 3.8) is 0 Å². The summed E-state index contributed by atoms with van der Waals surface area (Å²) in [4.78, 5) is 14.2. The van der Waals surface area contributed by atoms with Gasteiger partial charge in [0.05, 0.1) is 7.11 Å². The minimum Gasteiger partial charge on any atom is -0.497 e. The molecule has 0 saturated heterocycles. The molecule has 126 valence electrons. The summed E-state index contributed by atoms with van der Waals surface area (Å²) in [7, 11) is 1.63. The largest absolute Gasteiger partial charge is 0.497 e. The minimum absolute atomic E-state index is 0.107. The molecule has 24 heavy (non-hydrogen) atoms. The number of carbonyl (C=O) groups is 1. The van der Waals surface area contributed by atoms with Crippen molar-refractivity contribution < 1.29 is 9.53 Å². The van der Waals surface area contributed by atoms with Gasteiger partial charge in [0.25, 0.3) is 0 Å². The predicted octanol–water partition coefficient (Wildman–Crippen LogP) is 4.29. The van der Waals surface area contributed by atoms with E-state index in [1.807, 2.05) is 74.5 Å². The van der Waals surface area contributed by atoms with Gasteiger partial charge in [-0.25, -0.2) is 4.79 Å². The minimum atomic E-state index is -0.118. The van der Waals surface area contributed by atoms with Crippen molar-refractivity contribution in [2.45, 2.75) is 26.4 Å². The highest BCUT2D eigenvalue weighted by atomic mass is 16.5. The standard InChI is InChI=1S/C20H24N2O2/c1-16(2)22(15-18-8-5-4-6-9-18)20(23)21-13-12-17-10-7-11-19(14-17)24-3/h4-14,16H,15H2,1-3H3,(H,21,23)/b13-12+. The maximum atomic E-state index is 12.4. The van der Waals surface area contributed by atoms with Gasteiger partial charge in [0.1, 0.15) is 5.75 Å². The zero-order chi connectivity index (χ0) is 17.4. The van der Waals surface area contributed by atoms with Crippen LogP contribution < -0.4 is 10.1 Å². The molecule has 0 spiro atoms. The number of urea groups is 1. The molecular weight excluding hydrogens is 300 g/mol. The number of ether oxygens (including phenoxy) is 1. The number of hydrogen-bond donors (Lipinski definition) is 1. The fourth-order valence-corrected chi connectivity index (χ4v) is 2.31. The summed E-state index contributed by atoms with van der Waals surface area (Å²) in [6.07, 6.45) is 3.51. The van der Waals surface area contributed by atoms with Gasteiger partial charge in [0.15, 0.2) is 0 Å². The van der Waals surface area contributed by atoms with Crippen LogP contribution in [0.3, 0.4) is 0 Å². The summed E-state index contributed by atoms with van der Waals surface area (Å²) in [5.41, 5.74) is 2.08. The van der Waals surface area contributed by atoms with Crippen molar-refractivity contribution in [1.82, 2.24) is 10.2 Å². The summed E-state index contributed by atoms with van der Waals surface area (Å²) >= 11 is 0. The van der Waals surface area contributed by atoms with Gasteiger partial charge in [-0.2, -0.15) is 0 Å². The molecule has 0 radical (unpaired) electrons. The number of benzene rings is 2. The quantitative estimate of drug-likeness (QED) is 0.861. The Hall–Kier alpha value is -2.75. The number of methoxy groups -OCH3 is 1. The maximum absolute atomic E-state index is 12.4. The van der Waals surface area contributed by atoms with E-state index < -0.39 is 0 Å². The number of hydrogen-bond acceptors (Lipinski definition) is 2. The van der Waals surface area contributed by atoms with Gasteiger partial charge in [0, 0.05) is 18.8 Å². The highest BCUT2D eigenvalue weighted by Gasteiger charge is 2.15. The molecule has 4 nitrogen and oxygen atoms in total. The smallest absolute Gasteiger partial charge is 0.321 e. The Labute approximate surface area is 143 Å². The van der Waals surface area contributed by atoms with Crippen LogP contribution in [0.2, 0.25) is 0 Å². The molecule has 2 aromatic carbocycles. The van der Waals surface area contributed by atoms with Crippen LogP contribution in [0.15, 0.2) is 60.8 Å². The van der Waals surface area contributed by atoms with Crippen LogP contribution in [-0.4, -0.2) is 24.1 Å². The molecule has 2 rings (SSSR count). The van der Waals surface area contributed by atoms with Crippen molar-refractivity contribution >= 4 is 12.1 Å². The lowest BCUT2D eigenvalue weighted by Gasteiger charge is -2.26. The number of nitrogens with zero attached hydrogens (tertiary/aromatic N) is 1. The summed E-state index contributed by atoms with van der Waals surface area (Å²) in [5.74, 6) is 0.788. The van der Waals surface area contributed by atoms with E-state index in [1.54, 1.807) is 18.2 Å². The fraction of sp³-hybridized carbons (Fsp3) is 0.250. The molecule has 0 aliphatic heterocycles. The summed E-state index contributed by atoms with van der Waals surface area (Å²) in [5, 5.41) is 2.84. The van der Waals surface area contributed by atoms with E-state index in [1.165, 1.54) is 0 Å². The highest BCUT2D eigenvalue weighted by Crippen LogP contribution is 2.13. The first-order chi connectivity index (χ1) is 11.6. The van der Waals surface area contributed by atoms with E-state index >= 15 is 0 Å². The van der Waals surface area contributed by atoms with E-state index in [0.29, 0.717) is 6.54 Å². The SMILES string of the molecule is COc1cccc(/C=C/NC(=O)N(Cc2ccccc2)C(C)C)c1. The highest BCUT2D eigenvalue weighted by molar-refractivity contribution is 5.76. The zero-order valence-corrected chi connectivity index (χ0v) is 14.4. The molecule has 0 aliphatic carbocycles. The number of nitrogens with one attached hydrogen (secondary N) is 1. The van der Waals surface area contributed by atoms with E-state index in [-0.39, 0.29) is 12.1 Å². The van der Waals surface area contributed by atoms with Crippen molar-refractivity contribution in [3.8, 4) is 5.75 Å². The zero-order valence-electron chi connectivity index (χ0n) is 14.4. The Morgan fingerprint density at radius 1 is 1.17 bits per heavy atom. The van der Waals surface area contributed by atoms with Crippen molar-refractivity contribution in [1.29, 1.82) is 0 Å². The third-order valence-electron chi connectivity index (χ3n) is 3.66. The maximum Gasteiger partial charge on any atom is 0.321 e. The normalized spacial score (nSPS) is 10.8. The second-order valence-corrected chi connectivity index (χ2v) is 5.77. The molecule has 0 saturated carbocycles. The fourth-order valence-electron chi connectivity index (χ4n) is 2.31.